The molecule has 1 aromatic heterocycles. The summed E-state index contributed by atoms with van der Waals surface area (Å²) < 4.78 is 11.3. The Kier molecular flexibility index (Phi) is 3.24. The highest BCUT2D eigenvalue weighted by Crippen LogP contribution is 2.23. The summed E-state index contributed by atoms with van der Waals surface area (Å²) in [7, 11) is 0. The van der Waals surface area contributed by atoms with E-state index in [0.29, 0.717) is 6.61 Å². The molecule has 16 heavy (non-hydrogen) atoms. The Hall–Kier alpha value is -1.36. The quantitative estimate of drug-likeness (QED) is 0.868. The average Bonchev–Trinajstić information content (AvgIpc) is 2.63. The van der Waals surface area contributed by atoms with Crippen LogP contribution in [0.1, 0.15) is 17.0 Å². The second-order valence-electron chi connectivity index (χ2n) is 3.49. The highest BCUT2D eigenvalue weighted by Gasteiger charge is 2.07. The van der Waals surface area contributed by atoms with E-state index in [1.54, 1.807) is 0 Å². The van der Waals surface area contributed by atoms with Crippen molar-refractivity contribution in [3.63, 3.8) is 0 Å². The molecule has 0 saturated carbocycles. The molecule has 1 heterocycles. The zero-order chi connectivity index (χ0) is 11.5. The Balaban J connectivity index is 2.08. The first-order valence-electron chi connectivity index (χ1n) is 4.84. The molecule has 4 nitrogen and oxygen atoms in total. The zero-order valence-electron chi connectivity index (χ0n) is 9.03. The van der Waals surface area contributed by atoms with Crippen molar-refractivity contribution in [1.82, 2.24) is 10.3 Å². The fourth-order valence-electron chi connectivity index (χ4n) is 1.30. The van der Waals surface area contributed by atoms with Gasteiger partial charge in [0.2, 0.25) is 0 Å². The molecule has 0 spiro atoms. The first-order valence-corrected chi connectivity index (χ1v) is 5.63. The third-order valence-electron chi connectivity index (χ3n) is 2.25. The minimum atomic E-state index is 0.373. The van der Waals surface area contributed by atoms with Crippen molar-refractivity contribution in [3.05, 3.63) is 39.6 Å². The van der Waals surface area contributed by atoms with Crippen LogP contribution in [0.5, 0.6) is 5.75 Å². The van der Waals surface area contributed by atoms with Gasteiger partial charge in [0, 0.05) is 4.47 Å². The number of halogens is 1. The first-order chi connectivity index (χ1) is 7.66. The summed E-state index contributed by atoms with van der Waals surface area (Å²) in [6, 6.07) is 5.86. The lowest BCUT2D eigenvalue weighted by Crippen LogP contribution is -1.99. The molecule has 0 saturated heterocycles. The van der Waals surface area contributed by atoms with Gasteiger partial charge in [0.25, 0.3) is 0 Å². The number of hydrogen-bond acceptors (Lipinski definition) is 4. The van der Waals surface area contributed by atoms with Crippen molar-refractivity contribution in [1.29, 1.82) is 0 Å². The van der Waals surface area contributed by atoms with Crippen LogP contribution in [0.4, 0.5) is 0 Å². The minimum absolute atomic E-state index is 0.373. The van der Waals surface area contributed by atoms with Gasteiger partial charge in [0.05, 0.1) is 0 Å². The van der Waals surface area contributed by atoms with Crippen LogP contribution >= 0.6 is 15.9 Å². The third-order valence-corrected chi connectivity index (χ3v) is 2.74. The maximum Gasteiger partial charge on any atom is 0.145 e. The molecule has 84 valence electrons. The number of aromatic nitrogens is 2. The fourth-order valence-corrected chi connectivity index (χ4v) is 1.78. The summed E-state index contributed by atoms with van der Waals surface area (Å²) in [4.78, 5) is 0. The number of benzene rings is 1. The lowest BCUT2D eigenvalue weighted by molar-refractivity contribution is 0.269. The maximum atomic E-state index is 5.63. The van der Waals surface area contributed by atoms with E-state index in [4.69, 9.17) is 4.74 Å². The standard InChI is InChI=1S/C11H11BrN2O2/c1-7-5-9(12)3-4-11(7)15-6-10-8(2)13-16-14-10/h3-5H,6H2,1-2H3. The van der Waals surface area contributed by atoms with Crippen LogP contribution < -0.4 is 4.74 Å². The largest absolute Gasteiger partial charge is 0.487 e. The Morgan fingerprint density at radius 2 is 2.12 bits per heavy atom. The summed E-state index contributed by atoms with van der Waals surface area (Å²) in [5, 5.41) is 7.45. The molecule has 0 unspecified atom stereocenters. The Labute approximate surface area is 102 Å². The molecule has 2 rings (SSSR count). The minimum Gasteiger partial charge on any atom is -0.487 e. The molecule has 0 radical (unpaired) electrons. The molecule has 0 fully saturated rings. The van der Waals surface area contributed by atoms with Crippen molar-refractivity contribution in [2.75, 3.05) is 0 Å². The molecule has 0 amide bonds. The fraction of sp³-hybridized carbons (Fsp3) is 0.273. The third kappa shape index (κ3) is 2.41. The van der Waals surface area contributed by atoms with E-state index in [9.17, 15) is 0 Å². The monoisotopic (exact) mass is 282 g/mol. The average molecular weight is 283 g/mol. The van der Waals surface area contributed by atoms with Gasteiger partial charge < -0.3 is 4.74 Å². The Morgan fingerprint density at radius 1 is 1.31 bits per heavy atom. The topological polar surface area (TPSA) is 48.2 Å². The highest BCUT2D eigenvalue weighted by atomic mass is 79.9. The molecule has 0 aliphatic carbocycles. The lowest BCUT2D eigenvalue weighted by atomic mass is 10.2. The second-order valence-corrected chi connectivity index (χ2v) is 4.41. The molecular formula is C11H11BrN2O2. The summed E-state index contributed by atoms with van der Waals surface area (Å²) in [5.74, 6) is 0.839. The maximum absolute atomic E-state index is 5.63. The number of nitrogens with zero attached hydrogens (tertiary/aromatic N) is 2. The van der Waals surface area contributed by atoms with Crippen LogP contribution in [-0.4, -0.2) is 10.3 Å². The molecule has 0 N–H and O–H groups in total. The van der Waals surface area contributed by atoms with Crippen LogP contribution in [0, 0.1) is 13.8 Å². The number of hydrogen-bond donors (Lipinski definition) is 0. The van der Waals surface area contributed by atoms with Crippen LogP contribution in [0.25, 0.3) is 0 Å². The first kappa shape index (κ1) is 11.1. The van der Waals surface area contributed by atoms with Gasteiger partial charge in [0.15, 0.2) is 0 Å². The van der Waals surface area contributed by atoms with E-state index in [2.05, 4.69) is 30.9 Å². The molecule has 0 atom stereocenters. The van der Waals surface area contributed by atoms with E-state index >= 15 is 0 Å². The highest BCUT2D eigenvalue weighted by molar-refractivity contribution is 9.10. The van der Waals surface area contributed by atoms with Crippen molar-refractivity contribution < 1.29 is 9.37 Å². The predicted octanol–water partition coefficient (Wildman–Crippen LogP) is 3.03. The van der Waals surface area contributed by atoms with Gasteiger partial charge in [-0.1, -0.05) is 26.2 Å². The lowest BCUT2D eigenvalue weighted by Gasteiger charge is -2.07. The second kappa shape index (κ2) is 4.65. The number of aryl methyl sites for hydroxylation is 2. The van der Waals surface area contributed by atoms with E-state index in [0.717, 1.165) is 27.2 Å². The molecule has 2 aromatic rings. The SMILES string of the molecule is Cc1cc(Br)ccc1OCc1nonc1C. The van der Waals surface area contributed by atoms with Crippen molar-refractivity contribution in [2.45, 2.75) is 20.5 Å². The molecule has 1 aromatic carbocycles. The van der Waals surface area contributed by atoms with Crippen LogP contribution in [0.2, 0.25) is 0 Å². The number of ether oxygens (including phenoxy) is 1. The van der Waals surface area contributed by atoms with Crippen LogP contribution in [0.3, 0.4) is 0 Å². The van der Waals surface area contributed by atoms with Crippen molar-refractivity contribution >= 4 is 15.9 Å². The van der Waals surface area contributed by atoms with E-state index < -0.39 is 0 Å². The van der Waals surface area contributed by atoms with Gasteiger partial charge in [0.1, 0.15) is 23.7 Å². The van der Waals surface area contributed by atoms with Gasteiger partial charge in [-0.15, -0.1) is 0 Å². The van der Waals surface area contributed by atoms with E-state index in [1.807, 2.05) is 32.0 Å². The van der Waals surface area contributed by atoms with Crippen LogP contribution in [0.15, 0.2) is 27.3 Å². The molecule has 0 bridgehead atoms. The molecular weight excluding hydrogens is 272 g/mol. The zero-order valence-corrected chi connectivity index (χ0v) is 10.6. The van der Waals surface area contributed by atoms with Crippen molar-refractivity contribution in [2.24, 2.45) is 0 Å². The van der Waals surface area contributed by atoms with Gasteiger partial charge in [-0.05, 0) is 37.6 Å². The predicted molar refractivity (Wildman–Crippen MR) is 62.2 cm³/mol. The van der Waals surface area contributed by atoms with Gasteiger partial charge in [-0.3, -0.25) is 0 Å². The Bertz CT molecular complexity index is 496. The van der Waals surface area contributed by atoms with Gasteiger partial charge in [-0.2, -0.15) is 0 Å². The normalized spacial score (nSPS) is 10.4. The Morgan fingerprint density at radius 3 is 2.75 bits per heavy atom. The summed E-state index contributed by atoms with van der Waals surface area (Å²) in [6.07, 6.45) is 0. The smallest absolute Gasteiger partial charge is 0.145 e. The summed E-state index contributed by atoms with van der Waals surface area (Å²) >= 11 is 3.40. The van der Waals surface area contributed by atoms with E-state index in [1.165, 1.54) is 0 Å². The number of rotatable bonds is 3. The summed E-state index contributed by atoms with van der Waals surface area (Å²) in [5.41, 5.74) is 2.56. The van der Waals surface area contributed by atoms with Gasteiger partial charge >= 0.3 is 0 Å². The van der Waals surface area contributed by atoms with Crippen LogP contribution in [-0.2, 0) is 6.61 Å². The molecule has 0 aliphatic heterocycles. The van der Waals surface area contributed by atoms with Gasteiger partial charge in [-0.25, -0.2) is 4.63 Å². The van der Waals surface area contributed by atoms with E-state index in [-0.39, 0.29) is 0 Å². The molecule has 0 aliphatic rings. The van der Waals surface area contributed by atoms with Crippen molar-refractivity contribution in [3.8, 4) is 5.75 Å². The summed E-state index contributed by atoms with van der Waals surface area (Å²) in [6.45, 7) is 4.20. The molecule has 5 heteroatoms.